The van der Waals surface area contributed by atoms with Gasteiger partial charge >= 0.3 is 0 Å². The van der Waals surface area contributed by atoms with Crippen molar-refractivity contribution in [3.05, 3.63) is 53.1 Å². The number of rotatable bonds is 5. The first-order chi connectivity index (χ1) is 9.63. The van der Waals surface area contributed by atoms with Crippen molar-refractivity contribution in [1.82, 2.24) is 15.3 Å². The van der Waals surface area contributed by atoms with Crippen LogP contribution in [0.4, 0.5) is 0 Å². The number of carbonyl (C=O) groups excluding carboxylic acids is 1. The molecule has 0 saturated heterocycles. The molecule has 0 radical (unpaired) electrons. The van der Waals surface area contributed by atoms with Crippen molar-refractivity contribution in [2.24, 2.45) is 0 Å². The molecule has 6 heteroatoms. The molecule has 1 N–H and O–H groups in total. The molecule has 0 aliphatic heterocycles. The maximum Gasteiger partial charge on any atom is 0.258 e. The minimum Gasteiger partial charge on any atom is -0.484 e. The molecule has 0 unspecified atom stereocenters. The summed E-state index contributed by atoms with van der Waals surface area (Å²) in [6.45, 7) is 2.15. The number of halogens is 1. The van der Waals surface area contributed by atoms with Gasteiger partial charge in [-0.1, -0.05) is 17.7 Å². The van der Waals surface area contributed by atoms with Crippen LogP contribution in [0.3, 0.4) is 0 Å². The van der Waals surface area contributed by atoms with Crippen LogP contribution in [0.5, 0.6) is 5.75 Å². The topological polar surface area (TPSA) is 64.1 Å². The van der Waals surface area contributed by atoms with Crippen LogP contribution in [0.2, 0.25) is 5.02 Å². The third-order valence-electron chi connectivity index (χ3n) is 2.49. The van der Waals surface area contributed by atoms with Gasteiger partial charge in [0.1, 0.15) is 12.1 Å². The molecule has 2 aromatic rings. The zero-order valence-corrected chi connectivity index (χ0v) is 11.7. The molecule has 1 heterocycles. The van der Waals surface area contributed by atoms with E-state index in [2.05, 4.69) is 15.3 Å². The lowest BCUT2D eigenvalue weighted by Crippen LogP contribution is -2.28. The van der Waals surface area contributed by atoms with E-state index in [-0.39, 0.29) is 12.5 Å². The van der Waals surface area contributed by atoms with Gasteiger partial charge in [-0.15, -0.1) is 0 Å². The molecule has 2 rings (SSSR count). The van der Waals surface area contributed by atoms with E-state index < -0.39 is 0 Å². The maximum atomic E-state index is 11.6. The Kier molecular flexibility index (Phi) is 4.90. The molecule has 1 aromatic carbocycles. The minimum absolute atomic E-state index is 0.0651. The average Bonchev–Trinajstić information content (AvgIpc) is 2.43. The summed E-state index contributed by atoms with van der Waals surface area (Å²) in [4.78, 5) is 19.7. The molecule has 104 valence electrons. The highest BCUT2D eigenvalue weighted by molar-refractivity contribution is 6.30. The molecule has 0 aliphatic rings. The molecule has 0 atom stereocenters. The third kappa shape index (κ3) is 4.51. The number of hydrogen-bond donors (Lipinski definition) is 1. The van der Waals surface area contributed by atoms with E-state index in [1.54, 1.807) is 24.3 Å². The van der Waals surface area contributed by atoms with E-state index in [4.69, 9.17) is 16.3 Å². The van der Waals surface area contributed by atoms with E-state index in [0.717, 1.165) is 11.4 Å². The maximum absolute atomic E-state index is 11.6. The first kappa shape index (κ1) is 14.3. The number of benzene rings is 1. The highest BCUT2D eigenvalue weighted by Crippen LogP contribution is 2.16. The van der Waals surface area contributed by atoms with Crippen LogP contribution < -0.4 is 10.1 Å². The van der Waals surface area contributed by atoms with Gasteiger partial charge < -0.3 is 10.1 Å². The lowest BCUT2D eigenvalue weighted by atomic mass is 10.3. The van der Waals surface area contributed by atoms with Crippen LogP contribution in [-0.4, -0.2) is 22.5 Å². The van der Waals surface area contributed by atoms with Crippen LogP contribution in [0.15, 0.2) is 36.7 Å². The van der Waals surface area contributed by atoms with E-state index in [0.29, 0.717) is 17.3 Å². The van der Waals surface area contributed by atoms with E-state index in [1.165, 1.54) is 6.33 Å². The molecular weight excluding hydrogens is 278 g/mol. The summed E-state index contributed by atoms with van der Waals surface area (Å²) in [6.07, 6.45) is 1.47. The van der Waals surface area contributed by atoms with Gasteiger partial charge in [0.15, 0.2) is 6.61 Å². The van der Waals surface area contributed by atoms with Crippen molar-refractivity contribution in [2.45, 2.75) is 13.5 Å². The average molecular weight is 292 g/mol. The number of ether oxygens (including phenoxy) is 1. The molecule has 20 heavy (non-hydrogen) atoms. The van der Waals surface area contributed by atoms with Gasteiger partial charge in [-0.25, -0.2) is 9.97 Å². The van der Waals surface area contributed by atoms with Crippen LogP contribution in [0, 0.1) is 6.92 Å². The molecule has 5 nitrogen and oxygen atoms in total. The van der Waals surface area contributed by atoms with Gasteiger partial charge in [0.25, 0.3) is 5.91 Å². The molecule has 0 saturated carbocycles. The van der Waals surface area contributed by atoms with Crippen LogP contribution in [0.25, 0.3) is 0 Å². The molecule has 0 bridgehead atoms. The van der Waals surface area contributed by atoms with Crippen molar-refractivity contribution < 1.29 is 9.53 Å². The number of aromatic nitrogens is 2. The van der Waals surface area contributed by atoms with Gasteiger partial charge in [0.2, 0.25) is 0 Å². The van der Waals surface area contributed by atoms with Gasteiger partial charge in [0.05, 0.1) is 12.2 Å². The fraction of sp³-hybridized carbons (Fsp3) is 0.214. The summed E-state index contributed by atoms with van der Waals surface area (Å²) < 4.78 is 5.33. The van der Waals surface area contributed by atoms with Crippen LogP contribution in [0.1, 0.15) is 11.4 Å². The second kappa shape index (κ2) is 6.86. The van der Waals surface area contributed by atoms with Crippen molar-refractivity contribution in [3.8, 4) is 5.75 Å². The summed E-state index contributed by atoms with van der Waals surface area (Å²) in [7, 11) is 0. The number of nitrogens with one attached hydrogen (secondary N) is 1. The zero-order chi connectivity index (χ0) is 14.4. The normalized spacial score (nSPS) is 10.1. The number of nitrogens with zero attached hydrogens (tertiary/aromatic N) is 2. The van der Waals surface area contributed by atoms with E-state index in [1.807, 2.05) is 13.0 Å². The smallest absolute Gasteiger partial charge is 0.258 e. The Morgan fingerprint density at radius 1 is 1.35 bits per heavy atom. The van der Waals surface area contributed by atoms with Crippen molar-refractivity contribution in [1.29, 1.82) is 0 Å². The highest BCUT2D eigenvalue weighted by Gasteiger charge is 2.04. The fourth-order valence-electron chi connectivity index (χ4n) is 1.55. The van der Waals surface area contributed by atoms with E-state index >= 15 is 0 Å². The Hall–Kier alpha value is -2.14. The Morgan fingerprint density at radius 2 is 2.20 bits per heavy atom. The lowest BCUT2D eigenvalue weighted by Gasteiger charge is -2.07. The van der Waals surface area contributed by atoms with Crippen LogP contribution in [-0.2, 0) is 11.3 Å². The Bertz CT molecular complexity index is 553. The van der Waals surface area contributed by atoms with Gasteiger partial charge in [-0.05, 0) is 31.2 Å². The zero-order valence-electron chi connectivity index (χ0n) is 11.0. The summed E-state index contributed by atoms with van der Waals surface area (Å²) in [5.74, 6) is 0.340. The first-order valence-electron chi connectivity index (χ1n) is 6.06. The third-order valence-corrected chi connectivity index (χ3v) is 2.73. The summed E-state index contributed by atoms with van der Waals surface area (Å²) >= 11 is 5.82. The van der Waals surface area contributed by atoms with Gasteiger partial charge in [-0.2, -0.15) is 0 Å². The summed E-state index contributed by atoms with van der Waals surface area (Å²) in [5, 5.41) is 3.29. The van der Waals surface area contributed by atoms with E-state index in [9.17, 15) is 4.79 Å². The second-order valence-corrected chi connectivity index (χ2v) is 4.61. The predicted molar refractivity (Wildman–Crippen MR) is 75.6 cm³/mol. The number of carbonyl (C=O) groups is 1. The minimum atomic E-state index is -0.221. The monoisotopic (exact) mass is 291 g/mol. The Balaban J connectivity index is 1.78. The molecular formula is C14H14ClN3O2. The number of hydrogen-bond acceptors (Lipinski definition) is 4. The molecule has 0 aliphatic carbocycles. The highest BCUT2D eigenvalue weighted by atomic mass is 35.5. The predicted octanol–water partition coefficient (Wildman–Crippen LogP) is 2.13. The molecule has 1 amide bonds. The Labute approximate surface area is 122 Å². The number of aryl methyl sites for hydroxylation is 1. The quantitative estimate of drug-likeness (QED) is 0.916. The second-order valence-electron chi connectivity index (χ2n) is 4.17. The van der Waals surface area contributed by atoms with Gasteiger partial charge in [-0.3, -0.25) is 4.79 Å². The fourth-order valence-corrected chi connectivity index (χ4v) is 1.73. The molecule has 1 aromatic heterocycles. The van der Waals surface area contributed by atoms with Crippen molar-refractivity contribution in [2.75, 3.05) is 6.61 Å². The summed E-state index contributed by atoms with van der Waals surface area (Å²) in [6, 6.07) is 8.72. The van der Waals surface area contributed by atoms with Crippen molar-refractivity contribution >= 4 is 17.5 Å². The summed E-state index contributed by atoms with van der Waals surface area (Å²) in [5.41, 5.74) is 1.62. The Morgan fingerprint density at radius 3 is 2.95 bits per heavy atom. The largest absolute Gasteiger partial charge is 0.484 e. The standard InChI is InChI=1S/C14H14ClN3O2/c1-10-5-12(18-9-17-10)7-16-14(19)8-20-13-4-2-3-11(15)6-13/h2-6,9H,7-8H2,1H3,(H,16,19). The van der Waals surface area contributed by atoms with Crippen molar-refractivity contribution in [3.63, 3.8) is 0 Å². The van der Waals surface area contributed by atoms with Crippen LogP contribution >= 0.6 is 11.6 Å². The van der Waals surface area contributed by atoms with Gasteiger partial charge in [0, 0.05) is 10.7 Å². The lowest BCUT2D eigenvalue weighted by molar-refractivity contribution is -0.123. The molecule has 0 fully saturated rings. The SMILES string of the molecule is Cc1cc(CNC(=O)COc2cccc(Cl)c2)ncn1. The number of amides is 1. The molecule has 0 spiro atoms. The first-order valence-corrected chi connectivity index (χ1v) is 6.44.